The Morgan fingerprint density at radius 3 is 2.36 bits per heavy atom. The van der Waals surface area contributed by atoms with Crippen LogP contribution in [0.1, 0.15) is 15.9 Å². The number of rotatable bonds is 2. The average Bonchev–Trinajstić information content (AvgIpc) is 2.89. The minimum atomic E-state index is -4.39. The molecule has 3 aromatic rings. The van der Waals surface area contributed by atoms with Crippen molar-refractivity contribution >= 4 is 27.5 Å². The SMILES string of the molecule is NC(=O)c1ccc(-c2nc3cc(C(F)(F)F)ccc3s2)cc1. The Labute approximate surface area is 127 Å². The van der Waals surface area contributed by atoms with E-state index in [0.717, 1.165) is 17.7 Å². The Hall–Kier alpha value is -2.41. The number of amides is 1. The summed E-state index contributed by atoms with van der Waals surface area (Å²) < 4.78 is 38.8. The number of nitrogens with zero attached hydrogens (tertiary/aromatic N) is 1. The Morgan fingerprint density at radius 1 is 1.09 bits per heavy atom. The molecule has 0 radical (unpaired) electrons. The van der Waals surface area contributed by atoms with E-state index >= 15 is 0 Å². The molecule has 2 aromatic carbocycles. The van der Waals surface area contributed by atoms with E-state index in [1.807, 2.05) is 0 Å². The molecule has 112 valence electrons. The van der Waals surface area contributed by atoms with Gasteiger partial charge in [-0.05, 0) is 30.3 Å². The van der Waals surface area contributed by atoms with Crippen LogP contribution in [0.4, 0.5) is 13.2 Å². The molecule has 0 bridgehead atoms. The Morgan fingerprint density at radius 2 is 1.77 bits per heavy atom. The van der Waals surface area contributed by atoms with Gasteiger partial charge in [0, 0.05) is 11.1 Å². The van der Waals surface area contributed by atoms with Gasteiger partial charge in [0.25, 0.3) is 0 Å². The summed E-state index contributed by atoms with van der Waals surface area (Å²) in [5.74, 6) is -0.536. The normalized spacial score (nSPS) is 11.8. The highest BCUT2D eigenvalue weighted by atomic mass is 32.1. The lowest BCUT2D eigenvalue weighted by atomic mass is 10.1. The number of carbonyl (C=O) groups excluding carboxylic acids is 1. The smallest absolute Gasteiger partial charge is 0.366 e. The van der Waals surface area contributed by atoms with E-state index in [1.54, 1.807) is 24.3 Å². The van der Waals surface area contributed by atoms with E-state index in [2.05, 4.69) is 4.98 Å². The van der Waals surface area contributed by atoms with Gasteiger partial charge in [0.15, 0.2) is 0 Å². The highest BCUT2D eigenvalue weighted by Crippen LogP contribution is 2.35. The maximum atomic E-state index is 12.7. The first-order valence-electron chi connectivity index (χ1n) is 6.22. The average molecular weight is 322 g/mol. The van der Waals surface area contributed by atoms with Crippen LogP contribution in [0.2, 0.25) is 0 Å². The van der Waals surface area contributed by atoms with Crippen LogP contribution in [0.3, 0.4) is 0 Å². The van der Waals surface area contributed by atoms with E-state index in [0.29, 0.717) is 20.8 Å². The number of hydrogen-bond acceptors (Lipinski definition) is 3. The molecule has 0 saturated heterocycles. The van der Waals surface area contributed by atoms with Gasteiger partial charge in [-0.15, -0.1) is 11.3 Å². The minimum Gasteiger partial charge on any atom is -0.366 e. The standard InChI is InChI=1S/C15H9F3N2OS/c16-15(17,18)10-5-6-12-11(7-10)20-14(22-12)9-3-1-8(2-4-9)13(19)21/h1-7H,(H2,19,21). The molecule has 22 heavy (non-hydrogen) atoms. The van der Waals surface area contributed by atoms with Gasteiger partial charge in [-0.1, -0.05) is 12.1 Å². The van der Waals surface area contributed by atoms with E-state index in [9.17, 15) is 18.0 Å². The molecule has 1 amide bonds. The van der Waals surface area contributed by atoms with Crippen LogP contribution >= 0.6 is 11.3 Å². The molecule has 0 unspecified atom stereocenters. The van der Waals surface area contributed by atoms with Gasteiger partial charge in [0.05, 0.1) is 15.8 Å². The summed E-state index contributed by atoms with van der Waals surface area (Å²) in [6.07, 6.45) is -4.39. The monoisotopic (exact) mass is 322 g/mol. The Balaban J connectivity index is 2.03. The zero-order valence-corrected chi connectivity index (χ0v) is 11.8. The van der Waals surface area contributed by atoms with Crippen LogP contribution in [0.5, 0.6) is 0 Å². The van der Waals surface area contributed by atoms with E-state index in [-0.39, 0.29) is 0 Å². The lowest BCUT2D eigenvalue weighted by Crippen LogP contribution is -2.10. The van der Waals surface area contributed by atoms with E-state index in [4.69, 9.17) is 5.73 Å². The third kappa shape index (κ3) is 2.67. The predicted octanol–water partition coefficient (Wildman–Crippen LogP) is 4.08. The molecule has 0 fully saturated rings. The predicted molar refractivity (Wildman–Crippen MR) is 78.6 cm³/mol. The van der Waals surface area contributed by atoms with Crippen LogP contribution in [-0.4, -0.2) is 10.9 Å². The number of aromatic nitrogens is 1. The molecule has 7 heteroatoms. The van der Waals surface area contributed by atoms with Crippen molar-refractivity contribution in [3.63, 3.8) is 0 Å². The minimum absolute atomic E-state index is 0.300. The van der Waals surface area contributed by atoms with Crippen molar-refractivity contribution in [3.8, 4) is 10.6 Å². The fourth-order valence-corrected chi connectivity index (χ4v) is 2.96. The van der Waals surface area contributed by atoms with Gasteiger partial charge >= 0.3 is 6.18 Å². The quantitative estimate of drug-likeness (QED) is 0.773. The lowest BCUT2D eigenvalue weighted by molar-refractivity contribution is -0.137. The molecular formula is C15H9F3N2OS. The number of carbonyl (C=O) groups is 1. The zero-order chi connectivity index (χ0) is 15.9. The Kier molecular flexibility index (Phi) is 3.37. The second-order valence-electron chi connectivity index (χ2n) is 4.64. The van der Waals surface area contributed by atoms with Crippen molar-refractivity contribution in [1.82, 2.24) is 4.98 Å². The van der Waals surface area contributed by atoms with Gasteiger partial charge in [-0.3, -0.25) is 4.79 Å². The molecular weight excluding hydrogens is 313 g/mol. The van der Waals surface area contributed by atoms with Crippen molar-refractivity contribution in [1.29, 1.82) is 0 Å². The maximum Gasteiger partial charge on any atom is 0.416 e. The number of primary amides is 1. The lowest BCUT2D eigenvalue weighted by Gasteiger charge is -2.04. The van der Waals surface area contributed by atoms with Crippen LogP contribution in [0.25, 0.3) is 20.8 Å². The highest BCUT2D eigenvalue weighted by molar-refractivity contribution is 7.21. The Bertz CT molecular complexity index is 853. The fraction of sp³-hybridized carbons (Fsp3) is 0.0667. The van der Waals surface area contributed by atoms with Gasteiger partial charge in [-0.25, -0.2) is 4.98 Å². The van der Waals surface area contributed by atoms with Gasteiger partial charge in [0.1, 0.15) is 5.01 Å². The topological polar surface area (TPSA) is 56.0 Å². The highest BCUT2D eigenvalue weighted by Gasteiger charge is 2.30. The number of halogens is 3. The van der Waals surface area contributed by atoms with Gasteiger partial charge in [0.2, 0.25) is 5.91 Å². The molecule has 3 nitrogen and oxygen atoms in total. The molecule has 0 aliphatic rings. The number of benzene rings is 2. The number of hydrogen-bond donors (Lipinski definition) is 1. The number of nitrogens with two attached hydrogens (primary N) is 1. The second-order valence-corrected chi connectivity index (χ2v) is 5.67. The zero-order valence-electron chi connectivity index (χ0n) is 11.0. The maximum absolute atomic E-state index is 12.7. The third-order valence-corrected chi connectivity index (χ3v) is 4.22. The van der Waals surface area contributed by atoms with Crippen molar-refractivity contribution in [2.24, 2.45) is 5.73 Å². The molecule has 0 saturated carbocycles. The number of thiazole rings is 1. The first kappa shape index (κ1) is 14.5. The molecule has 0 aliphatic heterocycles. The van der Waals surface area contributed by atoms with Crippen LogP contribution < -0.4 is 5.73 Å². The van der Waals surface area contributed by atoms with Crippen molar-refractivity contribution in [3.05, 3.63) is 53.6 Å². The van der Waals surface area contributed by atoms with Crippen molar-refractivity contribution < 1.29 is 18.0 Å². The first-order chi connectivity index (χ1) is 10.3. The van der Waals surface area contributed by atoms with Crippen molar-refractivity contribution in [2.75, 3.05) is 0 Å². The van der Waals surface area contributed by atoms with Crippen LogP contribution in [0.15, 0.2) is 42.5 Å². The summed E-state index contributed by atoms with van der Waals surface area (Å²) in [7, 11) is 0. The van der Waals surface area contributed by atoms with Crippen LogP contribution in [-0.2, 0) is 6.18 Å². The molecule has 2 N–H and O–H groups in total. The van der Waals surface area contributed by atoms with E-state index < -0.39 is 17.6 Å². The summed E-state index contributed by atoms with van der Waals surface area (Å²) >= 11 is 1.29. The van der Waals surface area contributed by atoms with Crippen LogP contribution in [0, 0.1) is 0 Å². The van der Waals surface area contributed by atoms with Gasteiger partial charge < -0.3 is 5.73 Å². The molecule has 1 heterocycles. The second kappa shape index (κ2) is 5.10. The van der Waals surface area contributed by atoms with E-state index in [1.165, 1.54) is 17.4 Å². The summed E-state index contributed by atoms with van der Waals surface area (Å²) in [5, 5.41) is 0.588. The molecule has 0 atom stereocenters. The first-order valence-corrected chi connectivity index (χ1v) is 7.04. The summed E-state index contributed by atoms with van der Waals surface area (Å²) in [5.41, 5.74) is 5.83. The molecule has 0 spiro atoms. The number of fused-ring (bicyclic) bond motifs is 1. The molecule has 3 rings (SSSR count). The molecule has 1 aromatic heterocycles. The van der Waals surface area contributed by atoms with Crippen molar-refractivity contribution in [2.45, 2.75) is 6.18 Å². The largest absolute Gasteiger partial charge is 0.416 e. The fourth-order valence-electron chi connectivity index (χ4n) is 2.00. The van der Waals surface area contributed by atoms with Gasteiger partial charge in [-0.2, -0.15) is 13.2 Å². The molecule has 0 aliphatic carbocycles. The number of alkyl halides is 3. The summed E-state index contributed by atoms with van der Waals surface area (Å²) in [6.45, 7) is 0. The summed E-state index contributed by atoms with van der Waals surface area (Å²) in [4.78, 5) is 15.3. The summed E-state index contributed by atoms with van der Waals surface area (Å²) in [6, 6.07) is 9.95. The third-order valence-electron chi connectivity index (χ3n) is 3.13.